The van der Waals surface area contributed by atoms with Crippen LogP contribution in [0, 0.1) is 0 Å². The number of nitrogens with zero attached hydrogens (tertiary/aromatic N) is 4. The van der Waals surface area contributed by atoms with Gasteiger partial charge in [-0.2, -0.15) is 10.1 Å². The third-order valence-corrected chi connectivity index (χ3v) is 5.50. The Morgan fingerprint density at radius 1 is 1.28 bits per heavy atom. The zero-order chi connectivity index (χ0) is 20.6. The summed E-state index contributed by atoms with van der Waals surface area (Å²) in [5.74, 6) is 0.306. The molecule has 29 heavy (non-hydrogen) atoms. The maximum absolute atomic E-state index is 13.2. The van der Waals surface area contributed by atoms with E-state index in [0.29, 0.717) is 5.69 Å². The number of aromatic nitrogens is 4. The highest BCUT2D eigenvalue weighted by Crippen LogP contribution is 2.32. The van der Waals surface area contributed by atoms with Crippen LogP contribution in [0.2, 0.25) is 0 Å². The largest absolute Gasteiger partial charge is 0.367 e. The molecule has 2 aromatic heterocycles. The van der Waals surface area contributed by atoms with E-state index < -0.39 is 16.3 Å². The van der Waals surface area contributed by atoms with Gasteiger partial charge >= 0.3 is 0 Å². The lowest BCUT2D eigenvalue weighted by Crippen LogP contribution is -2.12. The lowest BCUT2D eigenvalue weighted by Gasteiger charge is -2.12. The van der Waals surface area contributed by atoms with Crippen molar-refractivity contribution in [1.29, 1.82) is 0 Å². The SMILES string of the molecule is CS(=O)(=O)CCn1ncc2c(Nc3ncc(C(F)F)c(NC4CC4)n3)cccc21. The molecular formula is C18H20F2N6O2S. The van der Waals surface area contributed by atoms with Crippen LogP contribution in [0.5, 0.6) is 0 Å². The second-order valence-electron chi connectivity index (χ2n) is 7.08. The second kappa shape index (κ2) is 7.54. The molecule has 0 atom stereocenters. The molecule has 3 aromatic rings. The number of aryl methyl sites for hydroxylation is 1. The molecule has 0 unspecified atom stereocenters. The van der Waals surface area contributed by atoms with E-state index in [1.54, 1.807) is 23.0 Å². The van der Waals surface area contributed by atoms with Crippen LogP contribution in [-0.4, -0.2) is 46.2 Å². The quantitative estimate of drug-likeness (QED) is 0.575. The average molecular weight is 422 g/mol. The van der Waals surface area contributed by atoms with E-state index in [1.807, 2.05) is 6.07 Å². The summed E-state index contributed by atoms with van der Waals surface area (Å²) in [4.78, 5) is 8.25. The van der Waals surface area contributed by atoms with Crippen molar-refractivity contribution in [2.24, 2.45) is 0 Å². The maximum Gasteiger partial charge on any atom is 0.268 e. The lowest BCUT2D eigenvalue weighted by molar-refractivity contribution is 0.151. The van der Waals surface area contributed by atoms with E-state index in [2.05, 4.69) is 25.7 Å². The number of sulfone groups is 1. The van der Waals surface area contributed by atoms with Gasteiger partial charge in [0.25, 0.3) is 6.43 Å². The molecule has 0 spiro atoms. The molecule has 0 saturated heterocycles. The van der Waals surface area contributed by atoms with E-state index in [1.165, 1.54) is 6.26 Å². The number of benzene rings is 1. The Balaban J connectivity index is 1.61. The molecular weight excluding hydrogens is 402 g/mol. The van der Waals surface area contributed by atoms with Gasteiger partial charge in [0.1, 0.15) is 15.7 Å². The van der Waals surface area contributed by atoms with Gasteiger partial charge in [-0.3, -0.25) is 4.68 Å². The van der Waals surface area contributed by atoms with Crippen molar-refractivity contribution in [3.63, 3.8) is 0 Å². The van der Waals surface area contributed by atoms with Crippen LogP contribution in [0.25, 0.3) is 10.9 Å². The third kappa shape index (κ3) is 4.61. The van der Waals surface area contributed by atoms with Crippen LogP contribution in [0.15, 0.2) is 30.6 Å². The van der Waals surface area contributed by atoms with Gasteiger partial charge in [0.15, 0.2) is 0 Å². The van der Waals surface area contributed by atoms with Crippen LogP contribution in [-0.2, 0) is 16.4 Å². The molecule has 2 heterocycles. The van der Waals surface area contributed by atoms with E-state index in [-0.39, 0.29) is 35.7 Å². The molecule has 1 aliphatic carbocycles. The topological polar surface area (TPSA) is 102 Å². The predicted molar refractivity (Wildman–Crippen MR) is 106 cm³/mol. The van der Waals surface area contributed by atoms with Gasteiger partial charge in [-0.25, -0.2) is 22.2 Å². The summed E-state index contributed by atoms with van der Waals surface area (Å²) in [5.41, 5.74) is 1.17. The van der Waals surface area contributed by atoms with Crippen LogP contribution >= 0.6 is 0 Å². The van der Waals surface area contributed by atoms with Crippen molar-refractivity contribution in [2.75, 3.05) is 22.6 Å². The summed E-state index contributed by atoms with van der Waals surface area (Å²) < 4.78 is 50.9. The summed E-state index contributed by atoms with van der Waals surface area (Å²) in [6, 6.07) is 5.59. The molecule has 0 aliphatic heterocycles. The predicted octanol–water partition coefficient (Wildman–Crippen LogP) is 3.13. The Morgan fingerprint density at radius 3 is 2.76 bits per heavy atom. The monoisotopic (exact) mass is 422 g/mol. The minimum absolute atomic E-state index is 0.0180. The minimum Gasteiger partial charge on any atom is -0.367 e. The van der Waals surface area contributed by atoms with Crippen LogP contribution in [0.1, 0.15) is 24.8 Å². The molecule has 11 heteroatoms. The fourth-order valence-electron chi connectivity index (χ4n) is 2.91. The van der Waals surface area contributed by atoms with Gasteiger partial charge in [-0.05, 0) is 25.0 Å². The van der Waals surface area contributed by atoms with Crippen molar-refractivity contribution < 1.29 is 17.2 Å². The van der Waals surface area contributed by atoms with Gasteiger partial charge in [0.2, 0.25) is 5.95 Å². The van der Waals surface area contributed by atoms with Crippen molar-refractivity contribution >= 4 is 38.2 Å². The summed E-state index contributed by atoms with van der Waals surface area (Å²) in [7, 11) is -3.11. The summed E-state index contributed by atoms with van der Waals surface area (Å²) in [6.45, 7) is 0.237. The summed E-state index contributed by atoms with van der Waals surface area (Å²) in [5, 5.41) is 11.1. The number of hydrogen-bond donors (Lipinski definition) is 2. The van der Waals surface area contributed by atoms with Crippen LogP contribution in [0.3, 0.4) is 0 Å². The Hall–Kier alpha value is -2.82. The zero-order valence-electron chi connectivity index (χ0n) is 15.6. The van der Waals surface area contributed by atoms with Gasteiger partial charge in [0.05, 0.1) is 35.3 Å². The van der Waals surface area contributed by atoms with E-state index >= 15 is 0 Å². The van der Waals surface area contributed by atoms with Crippen LogP contribution < -0.4 is 10.6 Å². The van der Waals surface area contributed by atoms with Crippen molar-refractivity contribution in [3.8, 4) is 0 Å². The Labute approximate surface area is 166 Å². The second-order valence-corrected chi connectivity index (χ2v) is 9.34. The first-order valence-corrected chi connectivity index (χ1v) is 11.2. The van der Waals surface area contributed by atoms with Crippen LogP contribution in [0.4, 0.5) is 26.2 Å². The Morgan fingerprint density at radius 2 is 2.07 bits per heavy atom. The van der Waals surface area contributed by atoms with Gasteiger partial charge in [-0.1, -0.05) is 6.07 Å². The molecule has 8 nitrogen and oxygen atoms in total. The van der Waals surface area contributed by atoms with Crippen molar-refractivity contribution in [1.82, 2.24) is 19.7 Å². The molecule has 0 bridgehead atoms. The highest BCUT2D eigenvalue weighted by molar-refractivity contribution is 7.90. The fourth-order valence-corrected chi connectivity index (χ4v) is 3.42. The van der Waals surface area contributed by atoms with E-state index in [0.717, 1.165) is 29.9 Å². The first-order valence-electron chi connectivity index (χ1n) is 9.11. The maximum atomic E-state index is 13.2. The van der Waals surface area contributed by atoms with Crippen molar-refractivity contribution in [3.05, 3.63) is 36.2 Å². The average Bonchev–Trinajstić information content (AvgIpc) is 3.36. The molecule has 2 N–H and O–H groups in total. The number of anilines is 3. The molecule has 0 radical (unpaired) electrons. The molecule has 154 valence electrons. The molecule has 1 aromatic carbocycles. The number of rotatable bonds is 8. The third-order valence-electron chi connectivity index (χ3n) is 4.58. The molecule has 0 amide bonds. The number of fused-ring (bicyclic) bond motifs is 1. The molecule has 1 saturated carbocycles. The summed E-state index contributed by atoms with van der Waals surface area (Å²) in [6.07, 6.45) is 3.13. The van der Waals surface area contributed by atoms with Gasteiger partial charge in [-0.15, -0.1) is 0 Å². The van der Waals surface area contributed by atoms with Gasteiger partial charge < -0.3 is 10.6 Å². The van der Waals surface area contributed by atoms with Gasteiger partial charge in [0, 0.05) is 23.9 Å². The van der Waals surface area contributed by atoms with Crippen molar-refractivity contribution in [2.45, 2.75) is 31.9 Å². The molecule has 4 rings (SSSR count). The number of hydrogen-bond acceptors (Lipinski definition) is 7. The number of halogens is 2. The highest BCUT2D eigenvalue weighted by atomic mass is 32.2. The smallest absolute Gasteiger partial charge is 0.268 e. The minimum atomic E-state index is -3.11. The lowest BCUT2D eigenvalue weighted by atomic mass is 10.2. The Kier molecular flexibility index (Phi) is 5.07. The number of nitrogens with one attached hydrogen (secondary N) is 2. The molecule has 1 aliphatic rings. The van der Waals surface area contributed by atoms with E-state index in [9.17, 15) is 17.2 Å². The Bertz CT molecular complexity index is 1140. The zero-order valence-corrected chi connectivity index (χ0v) is 16.5. The highest BCUT2D eigenvalue weighted by Gasteiger charge is 2.25. The molecule has 1 fully saturated rings. The van der Waals surface area contributed by atoms with E-state index in [4.69, 9.17) is 0 Å². The first kappa shape index (κ1) is 19.5. The fraction of sp³-hybridized carbons (Fsp3) is 0.389. The number of alkyl halides is 2. The normalized spacial score (nSPS) is 14.5. The standard InChI is InChI=1S/C18H20F2N6O2S/c1-29(27,28)8-7-26-15-4-2-3-14(12(15)10-22-26)24-18-21-9-13(16(19)20)17(25-18)23-11-5-6-11/h2-4,9-11,16H,5-8H2,1H3,(H2,21,23,24,25). The summed E-state index contributed by atoms with van der Waals surface area (Å²) >= 11 is 0. The first-order chi connectivity index (χ1) is 13.8.